The summed E-state index contributed by atoms with van der Waals surface area (Å²) in [7, 11) is 0. The molecule has 11 nitrogen and oxygen atoms in total. The van der Waals surface area contributed by atoms with Crippen LogP contribution in [0.25, 0.3) is 0 Å². The quantitative estimate of drug-likeness (QED) is 0.230. The fraction of sp³-hybridized carbons (Fsp3) is 0.360. The summed E-state index contributed by atoms with van der Waals surface area (Å²) in [6.07, 6.45) is 1.16. The van der Waals surface area contributed by atoms with E-state index in [1.165, 1.54) is 18.1 Å². The van der Waals surface area contributed by atoms with Gasteiger partial charge in [-0.25, -0.2) is 9.78 Å². The average molecular weight is 528 g/mol. The lowest BCUT2D eigenvalue weighted by Gasteiger charge is -2.36. The van der Waals surface area contributed by atoms with Crippen molar-refractivity contribution in [2.45, 2.75) is 43.6 Å². The first kappa shape index (κ1) is 26.6. The number of carbonyl (C=O) groups is 2. The van der Waals surface area contributed by atoms with Crippen LogP contribution in [0.1, 0.15) is 42.4 Å². The number of nitrogens with zero attached hydrogens (tertiary/aromatic N) is 2. The number of aliphatic hydroxyl groups excluding tert-OH is 1. The van der Waals surface area contributed by atoms with Gasteiger partial charge in [-0.1, -0.05) is 48.2 Å². The van der Waals surface area contributed by atoms with E-state index < -0.39 is 18.3 Å². The van der Waals surface area contributed by atoms with E-state index in [2.05, 4.69) is 25.8 Å². The molecule has 2 aromatic carbocycles. The van der Waals surface area contributed by atoms with Crippen LogP contribution in [0.4, 0.5) is 10.5 Å². The minimum absolute atomic E-state index is 0.0186. The number of esters is 1. The van der Waals surface area contributed by atoms with E-state index in [4.69, 9.17) is 14.2 Å². The molecule has 4 rings (SSSR count). The molecule has 0 spiro atoms. The number of benzene rings is 2. The fourth-order valence-corrected chi connectivity index (χ4v) is 4.52. The number of thioether (sulfide) groups is 1. The van der Waals surface area contributed by atoms with Gasteiger partial charge in [-0.3, -0.25) is 9.89 Å². The second-order valence-electron chi connectivity index (χ2n) is 8.19. The molecular weight excluding hydrogens is 498 g/mol. The molecule has 3 unspecified atom stereocenters. The molecule has 0 radical (unpaired) electrons. The van der Waals surface area contributed by atoms with Crippen LogP contribution >= 0.6 is 11.8 Å². The van der Waals surface area contributed by atoms with Crippen molar-refractivity contribution >= 4 is 29.4 Å². The standard InChI is InChI=1S/C25H29N5O6S/c1-2-34-22(32)12-26-24(33)29-19-9-7-18(8-10-19)23-35-20(14-37-25-27-15-28-30-25)11-21(36-23)17-5-3-16(13-31)4-6-17/h3-10,15,20-21,23,31H,2,11-14H2,1H3,(H2,26,29,33)(H,27,28,30). The molecule has 2 amide bonds. The van der Waals surface area contributed by atoms with E-state index >= 15 is 0 Å². The van der Waals surface area contributed by atoms with Gasteiger partial charge in [0.15, 0.2) is 11.4 Å². The summed E-state index contributed by atoms with van der Waals surface area (Å²) in [6.45, 7) is 1.72. The van der Waals surface area contributed by atoms with Crippen LogP contribution in [-0.2, 0) is 25.6 Å². The Morgan fingerprint density at radius 2 is 1.89 bits per heavy atom. The molecule has 1 aliphatic rings. The molecule has 12 heteroatoms. The molecule has 1 aromatic heterocycles. The Kier molecular flexibility index (Phi) is 9.49. The van der Waals surface area contributed by atoms with E-state index in [-0.39, 0.29) is 32.0 Å². The SMILES string of the molecule is CCOC(=O)CNC(=O)Nc1ccc(C2OC(CSc3ncn[nH]3)CC(c3ccc(CO)cc3)O2)cc1. The largest absolute Gasteiger partial charge is 0.465 e. The summed E-state index contributed by atoms with van der Waals surface area (Å²) in [5, 5.41) is 21.9. The van der Waals surface area contributed by atoms with Gasteiger partial charge in [-0.05, 0) is 30.2 Å². The average Bonchev–Trinajstić information content (AvgIpc) is 3.45. The minimum atomic E-state index is -0.622. The number of hydrogen-bond acceptors (Lipinski definition) is 9. The van der Waals surface area contributed by atoms with Crippen LogP contribution in [0, 0.1) is 0 Å². The van der Waals surface area contributed by atoms with E-state index in [9.17, 15) is 14.7 Å². The third kappa shape index (κ3) is 7.76. The zero-order valence-electron chi connectivity index (χ0n) is 20.3. The van der Waals surface area contributed by atoms with Crippen LogP contribution in [0.5, 0.6) is 0 Å². The van der Waals surface area contributed by atoms with Crippen LogP contribution in [0.3, 0.4) is 0 Å². The van der Waals surface area contributed by atoms with Crippen LogP contribution in [0.15, 0.2) is 60.0 Å². The summed E-state index contributed by atoms with van der Waals surface area (Å²) in [5.74, 6) is 0.150. The maximum absolute atomic E-state index is 12.1. The molecule has 2 heterocycles. The molecule has 0 bridgehead atoms. The molecule has 37 heavy (non-hydrogen) atoms. The molecule has 0 saturated carbocycles. The highest BCUT2D eigenvalue weighted by Crippen LogP contribution is 2.39. The molecule has 0 aliphatic carbocycles. The van der Waals surface area contributed by atoms with Crippen LogP contribution in [-0.4, -0.2) is 57.3 Å². The first-order chi connectivity index (χ1) is 18.0. The number of aromatic amines is 1. The topological polar surface area (TPSA) is 148 Å². The predicted octanol–water partition coefficient (Wildman–Crippen LogP) is 3.32. The van der Waals surface area contributed by atoms with E-state index in [0.717, 1.165) is 16.7 Å². The zero-order valence-corrected chi connectivity index (χ0v) is 21.1. The number of nitrogens with one attached hydrogen (secondary N) is 3. The van der Waals surface area contributed by atoms with Crippen molar-refractivity contribution in [1.29, 1.82) is 0 Å². The lowest BCUT2D eigenvalue weighted by atomic mass is 10.0. The van der Waals surface area contributed by atoms with Gasteiger partial charge in [-0.2, -0.15) is 5.10 Å². The molecule has 4 N–H and O–H groups in total. The molecule has 1 fully saturated rings. The van der Waals surface area contributed by atoms with Crippen molar-refractivity contribution in [3.8, 4) is 0 Å². The monoisotopic (exact) mass is 527 g/mol. The zero-order chi connectivity index (χ0) is 26.0. The van der Waals surface area contributed by atoms with Gasteiger partial charge >= 0.3 is 12.0 Å². The number of H-pyrrole nitrogens is 1. The summed E-state index contributed by atoms with van der Waals surface area (Å²) < 4.78 is 17.4. The third-order valence-electron chi connectivity index (χ3n) is 5.55. The Labute approximate surface area is 218 Å². The Bertz CT molecular complexity index is 1140. The van der Waals surface area contributed by atoms with E-state index in [0.29, 0.717) is 23.0 Å². The van der Waals surface area contributed by atoms with Gasteiger partial charge in [0, 0.05) is 23.4 Å². The van der Waals surface area contributed by atoms with Crippen LogP contribution in [0.2, 0.25) is 0 Å². The number of aromatic nitrogens is 3. The van der Waals surface area contributed by atoms with E-state index in [1.54, 1.807) is 19.1 Å². The predicted molar refractivity (Wildman–Crippen MR) is 136 cm³/mol. The Balaban J connectivity index is 1.41. The highest BCUT2D eigenvalue weighted by atomic mass is 32.2. The maximum atomic E-state index is 12.1. The van der Waals surface area contributed by atoms with Crippen molar-refractivity contribution in [1.82, 2.24) is 20.5 Å². The number of carbonyl (C=O) groups excluding carboxylic acids is 2. The van der Waals surface area contributed by atoms with Crippen LogP contribution < -0.4 is 10.6 Å². The molecular formula is C25H29N5O6S. The van der Waals surface area contributed by atoms with Crippen molar-refractivity contribution in [3.63, 3.8) is 0 Å². The summed E-state index contributed by atoms with van der Waals surface area (Å²) in [6, 6.07) is 14.3. The highest BCUT2D eigenvalue weighted by molar-refractivity contribution is 7.99. The molecule has 3 atom stereocenters. The second-order valence-corrected chi connectivity index (χ2v) is 9.20. The Hall–Kier alpha value is -3.45. The van der Waals surface area contributed by atoms with Gasteiger partial charge in [0.05, 0.1) is 25.4 Å². The van der Waals surface area contributed by atoms with Gasteiger partial charge in [-0.15, -0.1) is 0 Å². The number of hydrogen-bond donors (Lipinski definition) is 4. The van der Waals surface area contributed by atoms with Crippen molar-refractivity contribution in [3.05, 3.63) is 71.5 Å². The number of rotatable bonds is 10. The van der Waals surface area contributed by atoms with Crippen molar-refractivity contribution in [2.75, 3.05) is 24.2 Å². The first-order valence-electron chi connectivity index (χ1n) is 11.8. The first-order valence-corrected chi connectivity index (χ1v) is 12.8. The van der Waals surface area contributed by atoms with Crippen molar-refractivity contribution < 1.29 is 28.9 Å². The maximum Gasteiger partial charge on any atom is 0.325 e. The number of anilines is 1. The lowest BCUT2D eigenvalue weighted by molar-refractivity contribution is -0.245. The minimum Gasteiger partial charge on any atom is -0.465 e. The Morgan fingerprint density at radius 1 is 1.14 bits per heavy atom. The van der Waals surface area contributed by atoms with E-state index in [1.807, 2.05) is 36.4 Å². The molecule has 3 aromatic rings. The summed E-state index contributed by atoms with van der Waals surface area (Å²) in [5.41, 5.74) is 3.18. The number of aliphatic hydroxyl groups is 1. The number of amides is 2. The summed E-state index contributed by atoms with van der Waals surface area (Å²) >= 11 is 1.52. The smallest absolute Gasteiger partial charge is 0.325 e. The fourth-order valence-electron chi connectivity index (χ4n) is 3.72. The normalized spacial score (nSPS) is 19.2. The van der Waals surface area contributed by atoms with Gasteiger partial charge < -0.3 is 30.0 Å². The number of ether oxygens (including phenoxy) is 3. The van der Waals surface area contributed by atoms with Crippen molar-refractivity contribution in [2.24, 2.45) is 0 Å². The van der Waals surface area contributed by atoms with Gasteiger partial charge in [0.25, 0.3) is 0 Å². The summed E-state index contributed by atoms with van der Waals surface area (Å²) in [4.78, 5) is 27.6. The molecule has 1 aliphatic heterocycles. The Morgan fingerprint density at radius 3 is 2.57 bits per heavy atom. The highest BCUT2D eigenvalue weighted by Gasteiger charge is 2.32. The molecule has 1 saturated heterocycles. The third-order valence-corrected chi connectivity index (χ3v) is 6.56. The second kappa shape index (κ2) is 13.2. The van der Waals surface area contributed by atoms with Gasteiger partial charge in [0.1, 0.15) is 12.9 Å². The van der Waals surface area contributed by atoms with Gasteiger partial charge in [0.2, 0.25) is 0 Å². The number of urea groups is 1. The lowest BCUT2D eigenvalue weighted by Crippen LogP contribution is -2.34. The molecule has 196 valence electrons.